The highest BCUT2D eigenvalue weighted by Crippen LogP contribution is 2.16. The van der Waals surface area contributed by atoms with Crippen LogP contribution in [0.1, 0.15) is 37.5 Å². The molecular weight excluding hydrogens is 400 g/mol. The number of benzene rings is 1. The van der Waals surface area contributed by atoms with Crippen molar-refractivity contribution < 1.29 is 4.74 Å². The summed E-state index contributed by atoms with van der Waals surface area (Å²) in [4.78, 5) is 13.8. The van der Waals surface area contributed by atoms with Crippen molar-refractivity contribution in [3.63, 3.8) is 0 Å². The SMILES string of the molecule is CCN1CCN(c2cc(CNC(=NC)NCCCOC(C)c3ccccc3)ccn2)CC1. The van der Waals surface area contributed by atoms with Crippen molar-refractivity contribution in [1.82, 2.24) is 20.5 Å². The Labute approximate surface area is 192 Å². The van der Waals surface area contributed by atoms with Crippen molar-refractivity contribution in [2.45, 2.75) is 32.9 Å². The van der Waals surface area contributed by atoms with E-state index in [0.29, 0.717) is 13.2 Å². The van der Waals surface area contributed by atoms with Gasteiger partial charge in [0, 0.05) is 59.1 Å². The first-order valence-electron chi connectivity index (χ1n) is 11.7. The van der Waals surface area contributed by atoms with Gasteiger partial charge in [-0.3, -0.25) is 4.99 Å². The highest BCUT2D eigenvalue weighted by Gasteiger charge is 2.16. The minimum absolute atomic E-state index is 0.111. The van der Waals surface area contributed by atoms with E-state index in [9.17, 15) is 0 Å². The van der Waals surface area contributed by atoms with Crippen LogP contribution in [0, 0.1) is 0 Å². The highest BCUT2D eigenvalue weighted by atomic mass is 16.5. The van der Waals surface area contributed by atoms with Gasteiger partial charge in [0.1, 0.15) is 5.82 Å². The molecule has 2 heterocycles. The Hall–Kier alpha value is -2.64. The number of nitrogens with zero attached hydrogens (tertiary/aromatic N) is 4. The average molecular weight is 439 g/mol. The lowest BCUT2D eigenvalue weighted by Crippen LogP contribution is -2.46. The zero-order valence-corrected chi connectivity index (χ0v) is 19.8. The normalized spacial score (nSPS) is 16.1. The summed E-state index contributed by atoms with van der Waals surface area (Å²) in [6.07, 6.45) is 2.93. The predicted octanol–water partition coefficient (Wildman–Crippen LogP) is 3.06. The summed E-state index contributed by atoms with van der Waals surface area (Å²) >= 11 is 0. The van der Waals surface area contributed by atoms with Gasteiger partial charge in [-0.25, -0.2) is 4.98 Å². The molecular formula is C25H38N6O. The number of hydrogen-bond acceptors (Lipinski definition) is 5. The van der Waals surface area contributed by atoms with Crippen LogP contribution in [0.3, 0.4) is 0 Å². The number of hydrogen-bond donors (Lipinski definition) is 2. The van der Waals surface area contributed by atoms with E-state index in [1.54, 1.807) is 7.05 Å². The van der Waals surface area contributed by atoms with Crippen LogP contribution in [-0.2, 0) is 11.3 Å². The minimum atomic E-state index is 0.111. The van der Waals surface area contributed by atoms with Crippen LogP contribution in [-0.4, -0.2) is 68.8 Å². The van der Waals surface area contributed by atoms with Crippen LogP contribution >= 0.6 is 0 Å². The molecule has 0 bridgehead atoms. The summed E-state index contributed by atoms with van der Waals surface area (Å²) in [6.45, 7) is 11.9. The molecule has 2 N–H and O–H groups in total. The summed E-state index contributed by atoms with van der Waals surface area (Å²) in [5, 5.41) is 6.77. The molecule has 7 nitrogen and oxygen atoms in total. The molecule has 1 aliphatic heterocycles. The van der Waals surface area contributed by atoms with Gasteiger partial charge in [0.15, 0.2) is 5.96 Å². The lowest BCUT2D eigenvalue weighted by molar-refractivity contribution is 0.0646. The van der Waals surface area contributed by atoms with Crippen LogP contribution in [0.15, 0.2) is 53.7 Å². The first kappa shape index (κ1) is 24.0. The number of nitrogens with one attached hydrogen (secondary N) is 2. The molecule has 1 aromatic heterocycles. The van der Waals surface area contributed by atoms with Gasteiger partial charge >= 0.3 is 0 Å². The number of pyridine rings is 1. The van der Waals surface area contributed by atoms with Crippen LogP contribution in [0.25, 0.3) is 0 Å². The number of aliphatic imine (C=N–C) groups is 1. The lowest BCUT2D eigenvalue weighted by Gasteiger charge is -2.34. The molecule has 174 valence electrons. The zero-order valence-electron chi connectivity index (χ0n) is 19.8. The molecule has 32 heavy (non-hydrogen) atoms. The zero-order chi connectivity index (χ0) is 22.6. The molecule has 0 amide bonds. The Morgan fingerprint density at radius 3 is 2.62 bits per heavy atom. The molecule has 1 atom stereocenters. The van der Waals surface area contributed by atoms with E-state index in [0.717, 1.165) is 57.5 Å². The van der Waals surface area contributed by atoms with Gasteiger partial charge in [0.2, 0.25) is 0 Å². The van der Waals surface area contributed by atoms with Crippen molar-refractivity contribution in [3.05, 3.63) is 59.8 Å². The third-order valence-corrected chi connectivity index (χ3v) is 5.89. The van der Waals surface area contributed by atoms with Gasteiger partial charge in [-0.15, -0.1) is 0 Å². The van der Waals surface area contributed by atoms with E-state index in [4.69, 9.17) is 4.74 Å². The molecule has 1 aliphatic rings. The fraction of sp³-hybridized carbons (Fsp3) is 0.520. The smallest absolute Gasteiger partial charge is 0.191 e. The average Bonchev–Trinajstić information content (AvgIpc) is 2.86. The Balaban J connectivity index is 1.36. The predicted molar refractivity (Wildman–Crippen MR) is 132 cm³/mol. The quantitative estimate of drug-likeness (QED) is 0.338. The monoisotopic (exact) mass is 438 g/mol. The molecule has 0 saturated carbocycles. The van der Waals surface area contributed by atoms with Crippen molar-refractivity contribution in [2.24, 2.45) is 4.99 Å². The van der Waals surface area contributed by atoms with Crippen molar-refractivity contribution in [3.8, 4) is 0 Å². The Morgan fingerprint density at radius 1 is 1.12 bits per heavy atom. The summed E-state index contributed by atoms with van der Waals surface area (Å²) in [6, 6.07) is 14.6. The second kappa shape index (κ2) is 13.0. The first-order valence-corrected chi connectivity index (χ1v) is 11.7. The molecule has 1 unspecified atom stereocenters. The second-order valence-electron chi connectivity index (χ2n) is 8.07. The topological polar surface area (TPSA) is 65.0 Å². The Bertz CT molecular complexity index is 820. The van der Waals surface area contributed by atoms with Crippen molar-refractivity contribution >= 4 is 11.8 Å². The van der Waals surface area contributed by atoms with Crippen LogP contribution in [0.5, 0.6) is 0 Å². The van der Waals surface area contributed by atoms with E-state index in [1.807, 2.05) is 24.4 Å². The highest BCUT2D eigenvalue weighted by molar-refractivity contribution is 5.79. The lowest BCUT2D eigenvalue weighted by atomic mass is 10.1. The van der Waals surface area contributed by atoms with Crippen LogP contribution < -0.4 is 15.5 Å². The molecule has 0 radical (unpaired) electrons. The molecule has 2 aromatic rings. The number of piperazine rings is 1. The number of anilines is 1. The van der Waals surface area contributed by atoms with Gasteiger partial charge in [0.05, 0.1) is 6.10 Å². The fourth-order valence-corrected chi connectivity index (χ4v) is 3.80. The Kier molecular flexibility index (Phi) is 9.78. The second-order valence-corrected chi connectivity index (χ2v) is 8.07. The van der Waals surface area contributed by atoms with Crippen molar-refractivity contribution in [2.75, 3.05) is 57.8 Å². The summed E-state index contributed by atoms with van der Waals surface area (Å²) in [5.41, 5.74) is 2.41. The van der Waals surface area contributed by atoms with Crippen LogP contribution in [0.2, 0.25) is 0 Å². The van der Waals surface area contributed by atoms with E-state index in [1.165, 1.54) is 11.1 Å². The Morgan fingerprint density at radius 2 is 1.91 bits per heavy atom. The minimum Gasteiger partial charge on any atom is -0.374 e. The number of aromatic nitrogens is 1. The van der Waals surface area contributed by atoms with Gasteiger partial charge in [-0.2, -0.15) is 0 Å². The maximum atomic E-state index is 5.94. The number of guanidine groups is 1. The maximum Gasteiger partial charge on any atom is 0.191 e. The molecule has 1 fully saturated rings. The third-order valence-electron chi connectivity index (χ3n) is 5.89. The molecule has 0 aliphatic carbocycles. The molecule has 7 heteroatoms. The summed E-state index contributed by atoms with van der Waals surface area (Å²) in [7, 11) is 1.80. The third kappa shape index (κ3) is 7.50. The summed E-state index contributed by atoms with van der Waals surface area (Å²) < 4.78 is 5.94. The van der Waals surface area contributed by atoms with E-state index < -0.39 is 0 Å². The molecule has 3 rings (SSSR count). The largest absolute Gasteiger partial charge is 0.374 e. The summed E-state index contributed by atoms with van der Waals surface area (Å²) in [5.74, 6) is 1.86. The van der Waals surface area contributed by atoms with Gasteiger partial charge in [0.25, 0.3) is 0 Å². The van der Waals surface area contributed by atoms with Gasteiger partial charge in [-0.1, -0.05) is 37.3 Å². The molecule has 1 aromatic carbocycles. The van der Waals surface area contributed by atoms with E-state index >= 15 is 0 Å². The number of rotatable bonds is 10. The van der Waals surface area contributed by atoms with Gasteiger partial charge < -0.3 is 25.2 Å². The first-order chi connectivity index (χ1) is 15.7. The molecule has 0 spiro atoms. The maximum absolute atomic E-state index is 5.94. The number of likely N-dealkylation sites (N-methyl/N-ethyl adjacent to an activating group) is 1. The standard InChI is InChI=1S/C25H38N6O/c1-4-30-14-16-31(17-15-30)24-19-22(11-13-27-24)20-29-25(26-3)28-12-8-18-32-21(2)23-9-6-5-7-10-23/h5-7,9-11,13,19,21H,4,8,12,14-18,20H2,1-3H3,(H2,26,28,29). The van der Waals surface area contributed by atoms with Crippen LogP contribution in [0.4, 0.5) is 5.82 Å². The number of ether oxygens (including phenoxy) is 1. The molecule has 1 saturated heterocycles. The van der Waals surface area contributed by atoms with E-state index in [2.05, 4.69) is 68.5 Å². The fourth-order valence-electron chi connectivity index (χ4n) is 3.80. The van der Waals surface area contributed by atoms with E-state index in [-0.39, 0.29) is 6.10 Å². The van der Waals surface area contributed by atoms with Crippen molar-refractivity contribution in [1.29, 1.82) is 0 Å². The van der Waals surface area contributed by atoms with Gasteiger partial charge in [-0.05, 0) is 43.1 Å².